The fourth-order valence-electron chi connectivity index (χ4n) is 4.70. The third kappa shape index (κ3) is 6.84. The number of hydrogen-bond donors (Lipinski definition) is 2. The molecule has 0 atom stereocenters. The van der Waals surface area contributed by atoms with Crippen LogP contribution >= 0.6 is 0 Å². The lowest BCUT2D eigenvalue weighted by molar-refractivity contribution is -0.137. The van der Waals surface area contributed by atoms with Crippen LogP contribution in [0.1, 0.15) is 39.9 Å². The van der Waals surface area contributed by atoms with Crippen molar-refractivity contribution >= 4 is 23.2 Å². The number of halogens is 3. The third-order valence-electron chi connectivity index (χ3n) is 7.01. The molecular formula is C31H30F3N5O. The number of nitrogens with zero attached hydrogens (tertiary/aromatic N) is 3. The Kier molecular flexibility index (Phi) is 8.11. The van der Waals surface area contributed by atoms with Crippen molar-refractivity contribution in [3.05, 3.63) is 101 Å². The van der Waals surface area contributed by atoms with Gasteiger partial charge in [0.2, 0.25) is 5.95 Å². The average Bonchev–Trinajstić information content (AvgIpc) is 3.47. The Bertz CT molecular complexity index is 1480. The van der Waals surface area contributed by atoms with Crippen molar-refractivity contribution in [3.8, 4) is 11.3 Å². The van der Waals surface area contributed by atoms with E-state index in [4.69, 9.17) is 0 Å². The van der Waals surface area contributed by atoms with Gasteiger partial charge >= 0.3 is 6.18 Å². The summed E-state index contributed by atoms with van der Waals surface area (Å²) in [5.74, 6) is -0.0495. The molecule has 0 spiro atoms. The molecule has 0 aliphatic carbocycles. The van der Waals surface area contributed by atoms with E-state index in [1.165, 1.54) is 43.8 Å². The molecule has 40 heavy (non-hydrogen) atoms. The minimum atomic E-state index is -4.45. The molecule has 4 aromatic rings. The number of rotatable bonds is 8. The highest BCUT2D eigenvalue weighted by molar-refractivity contribution is 6.05. The standard InChI is InChI=1S/C31H30F3N5O/c1-21-7-10-24(29(40)36-26-11-8-22(9-12-26)14-18-39-16-2-3-17-39)20-28(21)38-30-35-15-13-27(37-30)23-5-4-6-25(19-23)31(32,33)34/h4-13,15,19-20H,2-3,14,16-18H2,1H3,(H,36,40)(H,35,37,38). The van der Waals surface area contributed by atoms with Crippen LogP contribution in [0.2, 0.25) is 0 Å². The van der Waals surface area contributed by atoms with Crippen molar-refractivity contribution in [2.45, 2.75) is 32.4 Å². The maximum absolute atomic E-state index is 13.2. The summed E-state index contributed by atoms with van der Waals surface area (Å²) >= 11 is 0. The molecule has 9 heteroatoms. The van der Waals surface area contributed by atoms with Gasteiger partial charge in [0.05, 0.1) is 11.3 Å². The van der Waals surface area contributed by atoms with Crippen molar-refractivity contribution in [2.75, 3.05) is 30.3 Å². The summed E-state index contributed by atoms with van der Waals surface area (Å²) in [7, 11) is 0. The normalized spacial score (nSPS) is 13.8. The topological polar surface area (TPSA) is 70.2 Å². The van der Waals surface area contributed by atoms with Crippen LogP contribution in [0.5, 0.6) is 0 Å². The number of anilines is 3. The molecule has 1 amide bonds. The van der Waals surface area contributed by atoms with Crippen LogP contribution in [0.15, 0.2) is 79.0 Å². The van der Waals surface area contributed by atoms with Crippen LogP contribution < -0.4 is 10.6 Å². The second kappa shape index (κ2) is 11.9. The molecule has 3 aromatic carbocycles. The highest BCUT2D eigenvalue weighted by atomic mass is 19.4. The average molecular weight is 546 g/mol. The van der Waals surface area contributed by atoms with Gasteiger partial charge in [-0.1, -0.05) is 30.3 Å². The fraction of sp³-hybridized carbons (Fsp3) is 0.258. The summed E-state index contributed by atoms with van der Waals surface area (Å²) in [6, 6.07) is 19.7. The van der Waals surface area contributed by atoms with E-state index in [-0.39, 0.29) is 11.9 Å². The summed E-state index contributed by atoms with van der Waals surface area (Å²) in [5, 5.41) is 6.04. The number of alkyl halides is 3. The van der Waals surface area contributed by atoms with Gasteiger partial charge in [-0.15, -0.1) is 0 Å². The Morgan fingerprint density at radius 2 is 1.75 bits per heavy atom. The number of carbonyl (C=O) groups excluding carboxylic acids is 1. The van der Waals surface area contributed by atoms with Gasteiger partial charge in [0.15, 0.2) is 0 Å². The molecule has 1 aromatic heterocycles. The summed E-state index contributed by atoms with van der Waals surface area (Å²) in [5.41, 5.74) is 3.79. The Labute approximate surface area is 231 Å². The van der Waals surface area contributed by atoms with Crippen molar-refractivity contribution in [1.29, 1.82) is 0 Å². The molecule has 1 fully saturated rings. The molecule has 6 nitrogen and oxygen atoms in total. The first-order valence-corrected chi connectivity index (χ1v) is 13.3. The quantitative estimate of drug-likeness (QED) is 0.247. The van der Waals surface area contributed by atoms with Crippen LogP contribution in [0.4, 0.5) is 30.5 Å². The molecular weight excluding hydrogens is 515 g/mol. The molecule has 0 radical (unpaired) electrons. The molecule has 0 unspecified atom stereocenters. The van der Waals surface area contributed by atoms with Gasteiger partial charge in [-0.25, -0.2) is 9.97 Å². The summed E-state index contributed by atoms with van der Waals surface area (Å²) in [6.07, 6.45) is 0.572. The number of likely N-dealkylation sites (tertiary alicyclic amines) is 1. The van der Waals surface area contributed by atoms with E-state index in [9.17, 15) is 18.0 Å². The number of amides is 1. The summed E-state index contributed by atoms with van der Waals surface area (Å²) in [6.45, 7) is 5.28. The van der Waals surface area contributed by atoms with Crippen molar-refractivity contribution < 1.29 is 18.0 Å². The first kappa shape index (κ1) is 27.3. The SMILES string of the molecule is Cc1ccc(C(=O)Nc2ccc(CCN3CCCC3)cc2)cc1Nc1nccc(-c2cccc(C(F)(F)F)c2)n1. The van der Waals surface area contributed by atoms with Gasteiger partial charge < -0.3 is 15.5 Å². The van der Waals surface area contributed by atoms with Gasteiger partial charge in [-0.3, -0.25) is 4.79 Å². The van der Waals surface area contributed by atoms with Crippen LogP contribution in [-0.2, 0) is 12.6 Å². The predicted molar refractivity (Wildman–Crippen MR) is 151 cm³/mol. The molecule has 0 saturated carbocycles. The molecule has 1 saturated heterocycles. The molecule has 1 aliphatic heterocycles. The highest BCUT2D eigenvalue weighted by Crippen LogP contribution is 2.32. The largest absolute Gasteiger partial charge is 0.416 e. The summed E-state index contributed by atoms with van der Waals surface area (Å²) < 4.78 is 39.5. The van der Waals surface area contributed by atoms with E-state index in [0.717, 1.165) is 30.7 Å². The number of aromatic nitrogens is 2. The van der Waals surface area contributed by atoms with Crippen LogP contribution in [-0.4, -0.2) is 40.4 Å². The van der Waals surface area contributed by atoms with Crippen LogP contribution in [0, 0.1) is 6.92 Å². The second-order valence-electron chi connectivity index (χ2n) is 9.95. The van der Waals surface area contributed by atoms with Crippen molar-refractivity contribution in [2.24, 2.45) is 0 Å². The number of carbonyl (C=O) groups is 1. The zero-order chi connectivity index (χ0) is 28.1. The van der Waals surface area contributed by atoms with E-state index in [2.05, 4.69) is 25.5 Å². The predicted octanol–water partition coefficient (Wildman–Crippen LogP) is 7.11. The Morgan fingerprint density at radius 3 is 2.50 bits per heavy atom. The van der Waals surface area contributed by atoms with E-state index in [1.54, 1.807) is 24.3 Å². The number of nitrogens with one attached hydrogen (secondary N) is 2. The highest BCUT2D eigenvalue weighted by Gasteiger charge is 2.30. The van der Waals surface area contributed by atoms with Gasteiger partial charge in [0.1, 0.15) is 0 Å². The van der Waals surface area contributed by atoms with Gasteiger partial charge in [0.25, 0.3) is 5.91 Å². The minimum Gasteiger partial charge on any atom is -0.324 e. The second-order valence-corrected chi connectivity index (χ2v) is 9.95. The monoisotopic (exact) mass is 545 g/mol. The van der Waals surface area contributed by atoms with E-state index >= 15 is 0 Å². The maximum Gasteiger partial charge on any atom is 0.416 e. The number of benzene rings is 3. The zero-order valence-electron chi connectivity index (χ0n) is 22.1. The minimum absolute atomic E-state index is 0.208. The van der Waals surface area contributed by atoms with Crippen LogP contribution in [0.25, 0.3) is 11.3 Å². The fourth-order valence-corrected chi connectivity index (χ4v) is 4.70. The van der Waals surface area contributed by atoms with Gasteiger partial charge in [-0.05, 0) is 92.9 Å². The van der Waals surface area contributed by atoms with E-state index < -0.39 is 11.7 Å². The molecule has 0 bridgehead atoms. The van der Waals surface area contributed by atoms with Crippen LogP contribution in [0.3, 0.4) is 0 Å². The Morgan fingerprint density at radius 1 is 0.975 bits per heavy atom. The van der Waals surface area contributed by atoms with Crippen molar-refractivity contribution in [3.63, 3.8) is 0 Å². The smallest absolute Gasteiger partial charge is 0.324 e. The molecule has 2 heterocycles. The maximum atomic E-state index is 13.2. The third-order valence-corrected chi connectivity index (χ3v) is 7.01. The number of aryl methyl sites for hydroxylation is 1. The van der Waals surface area contributed by atoms with E-state index in [1.807, 2.05) is 37.3 Å². The molecule has 1 aliphatic rings. The summed E-state index contributed by atoms with van der Waals surface area (Å²) in [4.78, 5) is 24.1. The lowest BCUT2D eigenvalue weighted by atomic mass is 10.1. The first-order valence-electron chi connectivity index (χ1n) is 13.3. The zero-order valence-corrected chi connectivity index (χ0v) is 22.1. The lowest BCUT2D eigenvalue weighted by Crippen LogP contribution is -2.21. The Balaban J connectivity index is 1.26. The first-order chi connectivity index (χ1) is 19.2. The Hall–Kier alpha value is -4.24. The van der Waals surface area contributed by atoms with Gasteiger partial charge in [0, 0.05) is 35.2 Å². The lowest BCUT2D eigenvalue weighted by Gasteiger charge is -2.14. The van der Waals surface area contributed by atoms with E-state index in [0.29, 0.717) is 28.2 Å². The van der Waals surface area contributed by atoms with Gasteiger partial charge in [-0.2, -0.15) is 13.2 Å². The number of hydrogen-bond acceptors (Lipinski definition) is 5. The van der Waals surface area contributed by atoms with Crippen molar-refractivity contribution in [1.82, 2.24) is 14.9 Å². The molecule has 5 rings (SSSR count). The molecule has 2 N–H and O–H groups in total. The molecule has 206 valence electrons.